The maximum atomic E-state index is 13.5. The van der Waals surface area contributed by atoms with Crippen molar-refractivity contribution in [1.82, 2.24) is 15.1 Å². The van der Waals surface area contributed by atoms with Crippen molar-refractivity contribution >= 4 is 12.4 Å². The van der Waals surface area contributed by atoms with Gasteiger partial charge in [-0.1, -0.05) is 0 Å². The number of benzene rings is 1. The lowest BCUT2D eigenvalue weighted by Gasteiger charge is -2.37. The second kappa shape index (κ2) is 9.56. The van der Waals surface area contributed by atoms with Crippen molar-refractivity contribution in [3.63, 3.8) is 0 Å². The fraction of sp³-hybridized carbons (Fsp3) is 0.667. The molecule has 0 saturated carbocycles. The molecule has 0 atom stereocenters. The van der Waals surface area contributed by atoms with Crippen LogP contribution >= 0.6 is 12.4 Å². The van der Waals surface area contributed by atoms with E-state index in [9.17, 15) is 4.39 Å². The maximum absolute atomic E-state index is 13.5. The fourth-order valence-corrected chi connectivity index (χ4v) is 3.67. The van der Waals surface area contributed by atoms with Crippen LogP contribution in [-0.4, -0.2) is 62.7 Å². The van der Waals surface area contributed by atoms with E-state index in [1.54, 1.807) is 19.2 Å². The lowest BCUT2D eigenvalue weighted by atomic mass is 9.97. The molecule has 1 aromatic rings. The van der Waals surface area contributed by atoms with Gasteiger partial charge in [0, 0.05) is 44.8 Å². The minimum absolute atomic E-state index is 0. The summed E-state index contributed by atoms with van der Waals surface area (Å²) in [5, 5.41) is 3.43. The molecule has 0 aromatic heterocycles. The van der Waals surface area contributed by atoms with Crippen molar-refractivity contribution in [2.24, 2.45) is 5.92 Å². The molecule has 0 amide bonds. The summed E-state index contributed by atoms with van der Waals surface area (Å²) in [7, 11) is 1.65. The van der Waals surface area contributed by atoms with Gasteiger partial charge in [-0.25, -0.2) is 4.39 Å². The topological polar surface area (TPSA) is 27.7 Å². The van der Waals surface area contributed by atoms with Crippen molar-refractivity contribution in [2.45, 2.75) is 19.4 Å². The predicted octanol–water partition coefficient (Wildman–Crippen LogP) is 2.37. The van der Waals surface area contributed by atoms with Crippen LogP contribution in [0.3, 0.4) is 0 Å². The first-order chi connectivity index (χ1) is 11.2. The molecule has 2 fully saturated rings. The average Bonchev–Trinajstić information content (AvgIpc) is 2.58. The molecule has 0 radical (unpaired) electrons. The standard InChI is InChI=1S/C18H28FN3O.ClH/c1-23-18-3-2-17(19)12-16(18)14-22-10-8-21(9-11-22)13-15-4-6-20-7-5-15;/h2-3,12,15,20H,4-11,13-14H2,1H3;1H. The Kier molecular flexibility index (Phi) is 7.75. The summed E-state index contributed by atoms with van der Waals surface area (Å²) in [6.07, 6.45) is 2.61. The van der Waals surface area contributed by atoms with E-state index in [2.05, 4.69) is 15.1 Å². The Bertz CT molecular complexity index is 503. The van der Waals surface area contributed by atoms with Crippen LogP contribution in [0.25, 0.3) is 0 Å². The third-order valence-corrected chi connectivity index (χ3v) is 5.08. The number of hydrogen-bond donors (Lipinski definition) is 1. The molecule has 0 aliphatic carbocycles. The van der Waals surface area contributed by atoms with Crippen LogP contribution in [0, 0.1) is 11.7 Å². The minimum atomic E-state index is -0.189. The van der Waals surface area contributed by atoms with Crippen LogP contribution in [0.1, 0.15) is 18.4 Å². The van der Waals surface area contributed by atoms with E-state index in [4.69, 9.17) is 4.74 Å². The smallest absolute Gasteiger partial charge is 0.123 e. The summed E-state index contributed by atoms with van der Waals surface area (Å²) in [6, 6.07) is 4.78. The second-order valence-electron chi connectivity index (χ2n) is 6.73. The number of nitrogens with one attached hydrogen (secondary N) is 1. The Morgan fingerprint density at radius 3 is 2.46 bits per heavy atom. The fourth-order valence-electron chi connectivity index (χ4n) is 3.67. The maximum Gasteiger partial charge on any atom is 0.123 e. The molecule has 1 N–H and O–H groups in total. The molecule has 24 heavy (non-hydrogen) atoms. The number of halogens is 2. The summed E-state index contributed by atoms with van der Waals surface area (Å²) in [4.78, 5) is 4.99. The Labute approximate surface area is 150 Å². The largest absolute Gasteiger partial charge is 0.496 e. The minimum Gasteiger partial charge on any atom is -0.496 e. The average molecular weight is 358 g/mol. The van der Waals surface area contributed by atoms with Gasteiger partial charge in [-0.3, -0.25) is 4.90 Å². The van der Waals surface area contributed by atoms with Crippen LogP contribution in [0.2, 0.25) is 0 Å². The summed E-state index contributed by atoms with van der Waals surface area (Å²) >= 11 is 0. The van der Waals surface area contributed by atoms with Crippen LogP contribution in [0.5, 0.6) is 5.75 Å². The SMILES string of the molecule is COc1ccc(F)cc1CN1CCN(CC2CCNCC2)CC1.Cl. The molecule has 2 heterocycles. The van der Waals surface area contributed by atoms with Crippen molar-refractivity contribution in [1.29, 1.82) is 0 Å². The van der Waals surface area contributed by atoms with Gasteiger partial charge in [0.15, 0.2) is 0 Å². The lowest BCUT2D eigenvalue weighted by molar-refractivity contribution is 0.106. The van der Waals surface area contributed by atoms with Gasteiger partial charge in [0.2, 0.25) is 0 Å². The second-order valence-corrected chi connectivity index (χ2v) is 6.73. The Morgan fingerprint density at radius 2 is 1.79 bits per heavy atom. The molecule has 0 bridgehead atoms. The zero-order valence-corrected chi connectivity index (χ0v) is 15.3. The number of piperazine rings is 1. The van der Waals surface area contributed by atoms with Crippen LogP contribution in [0.4, 0.5) is 4.39 Å². The quantitative estimate of drug-likeness (QED) is 0.875. The summed E-state index contributed by atoms with van der Waals surface area (Å²) in [5.74, 6) is 1.44. The summed E-state index contributed by atoms with van der Waals surface area (Å²) < 4.78 is 18.8. The predicted molar refractivity (Wildman–Crippen MR) is 97.5 cm³/mol. The van der Waals surface area contributed by atoms with Crippen LogP contribution in [0.15, 0.2) is 18.2 Å². The Hall–Kier alpha value is -0.880. The van der Waals surface area contributed by atoms with Gasteiger partial charge in [0.05, 0.1) is 7.11 Å². The zero-order valence-electron chi connectivity index (χ0n) is 14.5. The Balaban J connectivity index is 0.00000208. The van der Waals surface area contributed by atoms with Crippen molar-refractivity contribution < 1.29 is 9.13 Å². The first-order valence-electron chi connectivity index (χ1n) is 8.72. The molecule has 3 rings (SSSR count). The number of nitrogens with zero attached hydrogens (tertiary/aromatic N) is 2. The summed E-state index contributed by atoms with van der Waals surface area (Å²) in [6.45, 7) is 8.66. The first-order valence-corrected chi connectivity index (χ1v) is 8.72. The summed E-state index contributed by atoms with van der Waals surface area (Å²) in [5.41, 5.74) is 0.944. The van der Waals surface area contributed by atoms with E-state index < -0.39 is 0 Å². The van der Waals surface area contributed by atoms with Gasteiger partial charge in [-0.05, 0) is 50.0 Å². The number of rotatable bonds is 5. The molecule has 2 aliphatic heterocycles. The van der Waals surface area contributed by atoms with Crippen molar-refractivity contribution in [3.05, 3.63) is 29.6 Å². The molecule has 0 unspecified atom stereocenters. The van der Waals surface area contributed by atoms with Crippen LogP contribution in [-0.2, 0) is 6.54 Å². The van der Waals surface area contributed by atoms with Gasteiger partial charge in [-0.2, -0.15) is 0 Å². The molecule has 2 saturated heterocycles. The van der Waals surface area contributed by atoms with E-state index in [1.165, 1.54) is 38.5 Å². The third-order valence-electron chi connectivity index (χ3n) is 5.08. The van der Waals surface area contributed by atoms with Gasteiger partial charge in [0.1, 0.15) is 11.6 Å². The monoisotopic (exact) mass is 357 g/mol. The van der Waals surface area contributed by atoms with Gasteiger partial charge in [-0.15, -0.1) is 12.4 Å². The van der Waals surface area contributed by atoms with Gasteiger partial charge < -0.3 is 15.0 Å². The molecule has 4 nitrogen and oxygen atoms in total. The molecule has 6 heteroatoms. The zero-order chi connectivity index (χ0) is 16.1. The highest BCUT2D eigenvalue weighted by atomic mass is 35.5. The van der Waals surface area contributed by atoms with E-state index >= 15 is 0 Å². The molecule has 136 valence electrons. The Morgan fingerprint density at radius 1 is 1.12 bits per heavy atom. The third kappa shape index (κ3) is 5.31. The molecular weight excluding hydrogens is 329 g/mol. The first kappa shape index (κ1) is 19.4. The molecule has 0 spiro atoms. The number of hydrogen-bond acceptors (Lipinski definition) is 4. The van der Waals surface area contributed by atoms with Crippen molar-refractivity contribution in [3.8, 4) is 5.75 Å². The van der Waals surface area contributed by atoms with Crippen LogP contribution < -0.4 is 10.1 Å². The molecular formula is C18H29ClFN3O. The number of methoxy groups -OCH3 is 1. The molecule has 2 aliphatic rings. The van der Waals surface area contributed by atoms with E-state index in [0.29, 0.717) is 0 Å². The molecule has 1 aromatic carbocycles. The number of piperidine rings is 1. The highest BCUT2D eigenvalue weighted by molar-refractivity contribution is 5.85. The van der Waals surface area contributed by atoms with E-state index in [-0.39, 0.29) is 18.2 Å². The lowest BCUT2D eigenvalue weighted by Crippen LogP contribution is -2.48. The van der Waals surface area contributed by atoms with E-state index in [1.807, 2.05) is 0 Å². The van der Waals surface area contributed by atoms with Gasteiger partial charge in [0.25, 0.3) is 0 Å². The van der Waals surface area contributed by atoms with E-state index in [0.717, 1.165) is 50.0 Å². The van der Waals surface area contributed by atoms with Gasteiger partial charge >= 0.3 is 0 Å². The van der Waals surface area contributed by atoms with Crippen molar-refractivity contribution in [2.75, 3.05) is 52.9 Å². The highest BCUT2D eigenvalue weighted by Crippen LogP contribution is 2.22. The highest BCUT2D eigenvalue weighted by Gasteiger charge is 2.22. The number of ether oxygens (including phenoxy) is 1. The normalized spacial score (nSPS) is 20.6.